The fourth-order valence-electron chi connectivity index (χ4n) is 4.26. The monoisotopic (exact) mass is 480 g/mol. The SMILES string of the molecule is C=C/C=C\C(=C(/C)c1cc(C)cc2c1cnn2Cc1ccc(C(=O)C(C)C)c(CC)c1)C(F)(F)F. The summed E-state index contributed by atoms with van der Waals surface area (Å²) in [6.45, 7) is 13.1. The maximum Gasteiger partial charge on any atom is 0.416 e. The fraction of sp³-hybridized carbons (Fsp3) is 0.310. The zero-order valence-corrected chi connectivity index (χ0v) is 20.8. The van der Waals surface area contributed by atoms with Crippen LogP contribution in [0.15, 0.2) is 66.9 Å². The van der Waals surface area contributed by atoms with E-state index in [0.717, 1.165) is 40.3 Å². The van der Waals surface area contributed by atoms with Crippen molar-refractivity contribution in [3.63, 3.8) is 0 Å². The van der Waals surface area contributed by atoms with Crippen molar-refractivity contribution in [2.45, 2.75) is 53.8 Å². The molecule has 6 heteroatoms. The van der Waals surface area contributed by atoms with Crippen molar-refractivity contribution in [2.75, 3.05) is 0 Å². The Morgan fingerprint density at radius 2 is 1.89 bits per heavy atom. The number of hydrogen-bond donors (Lipinski definition) is 0. The van der Waals surface area contributed by atoms with Crippen molar-refractivity contribution in [1.82, 2.24) is 9.78 Å². The number of halogens is 3. The second kappa shape index (κ2) is 10.5. The van der Waals surface area contributed by atoms with Crippen LogP contribution in [0.4, 0.5) is 13.2 Å². The highest BCUT2D eigenvalue weighted by Crippen LogP contribution is 2.36. The van der Waals surface area contributed by atoms with Gasteiger partial charge in [0.25, 0.3) is 0 Å². The van der Waals surface area contributed by atoms with E-state index in [1.807, 2.05) is 52.0 Å². The van der Waals surface area contributed by atoms with Gasteiger partial charge < -0.3 is 0 Å². The molecular formula is C29H31F3N2O. The lowest BCUT2D eigenvalue weighted by Gasteiger charge is -2.15. The van der Waals surface area contributed by atoms with Crippen LogP contribution in [0, 0.1) is 12.8 Å². The first-order valence-electron chi connectivity index (χ1n) is 11.7. The van der Waals surface area contributed by atoms with E-state index in [4.69, 9.17) is 0 Å². The molecule has 0 radical (unpaired) electrons. The lowest BCUT2D eigenvalue weighted by molar-refractivity contribution is -0.0876. The molecule has 0 aliphatic rings. The number of Topliss-reactive ketones (excluding diaryl/α,β-unsaturated/α-hetero) is 1. The molecule has 0 unspecified atom stereocenters. The molecule has 35 heavy (non-hydrogen) atoms. The van der Waals surface area contributed by atoms with Gasteiger partial charge in [0, 0.05) is 16.9 Å². The highest BCUT2D eigenvalue weighted by Gasteiger charge is 2.34. The van der Waals surface area contributed by atoms with E-state index in [1.165, 1.54) is 19.1 Å². The zero-order chi connectivity index (χ0) is 25.9. The van der Waals surface area contributed by atoms with Crippen molar-refractivity contribution in [1.29, 1.82) is 0 Å². The highest BCUT2D eigenvalue weighted by molar-refractivity contribution is 5.99. The molecule has 0 atom stereocenters. The molecule has 3 nitrogen and oxygen atoms in total. The number of rotatable bonds is 8. The summed E-state index contributed by atoms with van der Waals surface area (Å²) in [5.41, 5.74) is 4.22. The number of carbonyl (C=O) groups excluding carboxylic acids is 1. The molecule has 0 saturated carbocycles. The zero-order valence-electron chi connectivity index (χ0n) is 20.8. The summed E-state index contributed by atoms with van der Waals surface area (Å²) >= 11 is 0. The Labute approximate surface area is 204 Å². The maximum absolute atomic E-state index is 13.8. The molecule has 0 amide bonds. The first-order valence-corrected chi connectivity index (χ1v) is 11.7. The Morgan fingerprint density at radius 1 is 1.17 bits per heavy atom. The Hall–Kier alpha value is -3.41. The van der Waals surface area contributed by atoms with Crippen molar-refractivity contribution < 1.29 is 18.0 Å². The number of hydrogen-bond acceptors (Lipinski definition) is 2. The molecule has 1 aromatic heterocycles. The molecule has 3 rings (SSSR count). The number of aromatic nitrogens is 2. The van der Waals surface area contributed by atoms with Crippen LogP contribution in [-0.2, 0) is 13.0 Å². The van der Waals surface area contributed by atoms with E-state index < -0.39 is 11.7 Å². The summed E-state index contributed by atoms with van der Waals surface area (Å²) in [5.74, 6) is 0.0354. The van der Waals surface area contributed by atoms with Gasteiger partial charge in [0.1, 0.15) is 0 Å². The second-order valence-corrected chi connectivity index (χ2v) is 9.04. The van der Waals surface area contributed by atoms with Crippen LogP contribution in [0.1, 0.15) is 60.3 Å². The fourth-order valence-corrected chi connectivity index (χ4v) is 4.26. The third-order valence-electron chi connectivity index (χ3n) is 6.09. The van der Waals surface area contributed by atoms with Crippen molar-refractivity contribution in [3.8, 4) is 0 Å². The minimum Gasteiger partial charge on any atom is -0.294 e. The Kier molecular flexibility index (Phi) is 7.83. The van der Waals surface area contributed by atoms with Crippen LogP contribution in [0.2, 0.25) is 0 Å². The molecular weight excluding hydrogens is 449 g/mol. The smallest absolute Gasteiger partial charge is 0.294 e. The predicted molar refractivity (Wildman–Crippen MR) is 137 cm³/mol. The summed E-state index contributed by atoms with van der Waals surface area (Å²) in [5, 5.41) is 5.17. The van der Waals surface area contributed by atoms with E-state index >= 15 is 0 Å². The second-order valence-electron chi connectivity index (χ2n) is 9.04. The van der Waals surface area contributed by atoms with E-state index in [1.54, 1.807) is 16.9 Å². The number of nitrogens with zero attached hydrogens (tertiary/aromatic N) is 2. The first-order chi connectivity index (χ1) is 16.5. The minimum atomic E-state index is -4.50. The quantitative estimate of drug-likeness (QED) is 0.243. The van der Waals surface area contributed by atoms with Crippen molar-refractivity contribution in [2.24, 2.45) is 5.92 Å². The molecule has 0 bridgehead atoms. The predicted octanol–water partition coefficient (Wildman–Crippen LogP) is 7.87. The largest absolute Gasteiger partial charge is 0.416 e. The lowest BCUT2D eigenvalue weighted by atomic mass is 9.93. The Morgan fingerprint density at radius 3 is 2.49 bits per heavy atom. The molecule has 0 spiro atoms. The highest BCUT2D eigenvalue weighted by atomic mass is 19.4. The molecule has 1 heterocycles. The topological polar surface area (TPSA) is 34.9 Å². The van der Waals surface area contributed by atoms with Gasteiger partial charge in [-0.05, 0) is 60.2 Å². The summed E-state index contributed by atoms with van der Waals surface area (Å²) in [6, 6.07) is 9.51. The van der Waals surface area contributed by atoms with Gasteiger partial charge in [-0.25, -0.2) is 0 Å². The summed E-state index contributed by atoms with van der Waals surface area (Å²) < 4.78 is 43.2. The molecule has 0 aliphatic carbocycles. The van der Waals surface area contributed by atoms with Gasteiger partial charge in [-0.3, -0.25) is 9.48 Å². The number of benzene rings is 2. The molecule has 2 aromatic carbocycles. The van der Waals surface area contributed by atoms with Crippen LogP contribution in [0.3, 0.4) is 0 Å². The van der Waals surface area contributed by atoms with Gasteiger partial charge in [0.2, 0.25) is 0 Å². The van der Waals surface area contributed by atoms with Crippen LogP contribution in [0.25, 0.3) is 16.5 Å². The molecule has 0 fully saturated rings. The van der Waals surface area contributed by atoms with Crippen LogP contribution in [-0.4, -0.2) is 21.7 Å². The number of fused-ring (bicyclic) bond motifs is 1. The van der Waals surface area contributed by atoms with Crippen molar-refractivity contribution >= 4 is 22.3 Å². The summed E-state index contributed by atoms with van der Waals surface area (Å²) in [6.07, 6.45) is 1.52. The standard InChI is InChI=1S/C29H31F3N2O/c1-7-9-10-26(29(30,31)32)20(6)24-13-19(5)14-27-25(24)16-33-34(27)17-21-11-12-23(22(8-2)15-21)28(35)18(3)4/h7,9-16,18H,1,8,17H2,2-6H3/b10-9-,26-20-. The van der Waals surface area contributed by atoms with Gasteiger partial charge in [-0.2, -0.15) is 18.3 Å². The molecule has 3 aromatic rings. The van der Waals surface area contributed by atoms with E-state index in [2.05, 4.69) is 11.7 Å². The molecule has 184 valence electrons. The average molecular weight is 481 g/mol. The lowest BCUT2D eigenvalue weighted by Crippen LogP contribution is -2.12. The molecule has 0 aliphatic heterocycles. The van der Waals surface area contributed by atoms with Gasteiger partial charge >= 0.3 is 6.18 Å². The van der Waals surface area contributed by atoms with E-state index in [0.29, 0.717) is 17.5 Å². The van der Waals surface area contributed by atoms with E-state index in [9.17, 15) is 18.0 Å². The van der Waals surface area contributed by atoms with Gasteiger partial charge in [0.05, 0.1) is 23.8 Å². The number of alkyl halides is 3. The van der Waals surface area contributed by atoms with Gasteiger partial charge in [-0.1, -0.05) is 63.8 Å². The summed E-state index contributed by atoms with van der Waals surface area (Å²) in [7, 11) is 0. The number of ketones is 1. The number of aryl methyl sites for hydroxylation is 2. The first kappa shape index (κ1) is 26.2. The number of allylic oxidation sites excluding steroid dienone is 5. The van der Waals surface area contributed by atoms with Crippen LogP contribution >= 0.6 is 0 Å². The molecule has 0 saturated heterocycles. The minimum absolute atomic E-state index is 0.0817. The van der Waals surface area contributed by atoms with Crippen molar-refractivity contribution in [3.05, 3.63) is 94.7 Å². The maximum atomic E-state index is 13.8. The Balaban J connectivity index is 2.10. The third kappa shape index (κ3) is 5.64. The van der Waals surface area contributed by atoms with Crippen LogP contribution < -0.4 is 0 Å². The van der Waals surface area contributed by atoms with E-state index in [-0.39, 0.29) is 17.3 Å². The molecule has 0 N–H and O–H groups in total. The van der Waals surface area contributed by atoms with Crippen LogP contribution in [0.5, 0.6) is 0 Å². The van der Waals surface area contributed by atoms with Gasteiger partial charge in [0.15, 0.2) is 5.78 Å². The average Bonchev–Trinajstić information content (AvgIpc) is 3.19. The Bertz CT molecular complexity index is 1320. The normalized spacial score (nSPS) is 13.1. The van der Waals surface area contributed by atoms with Gasteiger partial charge in [-0.15, -0.1) is 0 Å². The summed E-state index contributed by atoms with van der Waals surface area (Å²) in [4.78, 5) is 12.5. The number of carbonyl (C=O) groups is 1. The third-order valence-corrected chi connectivity index (χ3v) is 6.09.